The average Bonchev–Trinajstić information content (AvgIpc) is 2.24. The second-order valence-corrected chi connectivity index (χ2v) is 4.37. The minimum atomic E-state index is -0.453. The highest BCUT2D eigenvalue weighted by atomic mass is 16.5. The van der Waals surface area contributed by atoms with Crippen LogP contribution in [-0.4, -0.2) is 37.0 Å². The lowest BCUT2D eigenvalue weighted by Gasteiger charge is -2.29. The molecule has 0 aliphatic heterocycles. The monoisotopic (exact) mass is 225 g/mol. The molecule has 0 saturated heterocycles. The minimum absolute atomic E-state index is 0.150. The molecule has 0 saturated carbocycles. The van der Waals surface area contributed by atoms with Gasteiger partial charge in [-0.25, -0.2) is 4.79 Å². The Bertz CT molecular complexity index is 295. The molecule has 0 aromatic rings. The molecule has 0 N–H and O–H groups in total. The molecule has 0 rings (SSSR count). The Hall–Kier alpha value is -1.58. The Morgan fingerprint density at radius 2 is 1.88 bits per heavy atom. The predicted octanol–water partition coefficient (Wildman–Crippen LogP) is 1.39. The van der Waals surface area contributed by atoms with Crippen molar-refractivity contribution >= 4 is 11.9 Å². The summed E-state index contributed by atoms with van der Waals surface area (Å²) in [5.74, 6) is -0.603. The summed E-state index contributed by atoms with van der Waals surface area (Å²) in [6.07, 6.45) is 2.38. The van der Waals surface area contributed by atoms with Crippen molar-refractivity contribution in [1.29, 1.82) is 0 Å². The highest BCUT2D eigenvalue weighted by Crippen LogP contribution is 2.17. The molecule has 4 nitrogen and oxygen atoms in total. The lowest BCUT2D eigenvalue weighted by Crippen LogP contribution is -2.37. The molecule has 0 radical (unpaired) electrons. The molecule has 4 heteroatoms. The molecule has 0 fully saturated rings. The first-order valence-corrected chi connectivity index (χ1v) is 4.99. The van der Waals surface area contributed by atoms with Crippen LogP contribution in [0.25, 0.3) is 0 Å². The van der Waals surface area contributed by atoms with Gasteiger partial charge in [0.1, 0.15) is 0 Å². The number of hydrogen-bond acceptors (Lipinski definition) is 3. The van der Waals surface area contributed by atoms with Crippen molar-refractivity contribution in [2.75, 3.05) is 20.2 Å². The number of carbonyl (C=O) groups excluding carboxylic acids is 2. The van der Waals surface area contributed by atoms with E-state index in [1.807, 2.05) is 13.8 Å². The summed E-state index contributed by atoms with van der Waals surface area (Å²) in [5, 5.41) is 0. The van der Waals surface area contributed by atoms with Crippen LogP contribution >= 0.6 is 0 Å². The molecule has 0 aliphatic rings. The van der Waals surface area contributed by atoms with Crippen LogP contribution in [0.2, 0.25) is 0 Å². The zero-order valence-corrected chi connectivity index (χ0v) is 10.2. The van der Waals surface area contributed by atoms with E-state index in [1.54, 1.807) is 7.05 Å². The van der Waals surface area contributed by atoms with Crippen LogP contribution in [0.3, 0.4) is 0 Å². The number of ether oxygens (including phenoxy) is 1. The summed E-state index contributed by atoms with van der Waals surface area (Å²) in [6, 6.07) is 0. The van der Waals surface area contributed by atoms with Crippen molar-refractivity contribution in [2.24, 2.45) is 5.41 Å². The maximum absolute atomic E-state index is 11.3. The molecule has 0 aromatic heterocycles. The van der Waals surface area contributed by atoms with Gasteiger partial charge in [0, 0.05) is 25.1 Å². The third-order valence-corrected chi connectivity index (χ3v) is 1.99. The van der Waals surface area contributed by atoms with Crippen molar-refractivity contribution in [3.8, 4) is 0 Å². The lowest BCUT2D eigenvalue weighted by atomic mass is 9.94. The summed E-state index contributed by atoms with van der Waals surface area (Å²) < 4.78 is 4.95. The molecule has 16 heavy (non-hydrogen) atoms. The maximum atomic E-state index is 11.3. The average molecular weight is 225 g/mol. The van der Waals surface area contributed by atoms with E-state index in [9.17, 15) is 9.59 Å². The molecule has 0 heterocycles. The van der Waals surface area contributed by atoms with Gasteiger partial charge in [-0.15, -0.1) is 0 Å². The van der Waals surface area contributed by atoms with Crippen LogP contribution in [0.15, 0.2) is 25.3 Å². The number of likely N-dealkylation sites (N-methyl/N-ethyl adjacent to an activating group) is 1. The molecule has 0 atom stereocenters. The zero-order chi connectivity index (χ0) is 12.8. The maximum Gasteiger partial charge on any atom is 0.330 e. The fourth-order valence-corrected chi connectivity index (χ4v) is 1.25. The zero-order valence-electron chi connectivity index (χ0n) is 10.2. The van der Waals surface area contributed by atoms with E-state index in [0.717, 1.165) is 6.08 Å². The Labute approximate surface area is 96.6 Å². The quantitative estimate of drug-likeness (QED) is 0.507. The third-order valence-electron chi connectivity index (χ3n) is 1.99. The van der Waals surface area contributed by atoms with Gasteiger partial charge in [-0.3, -0.25) is 4.79 Å². The topological polar surface area (TPSA) is 46.6 Å². The molecule has 0 aliphatic carbocycles. The summed E-state index contributed by atoms with van der Waals surface area (Å²) in [5.41, 5.74) is -0.300. The van der Waals surface area contributed by atoms with Crippen LogP contribution in [0.5, 0.6) is 0 Å². The first-order valence-electron chi connectivity index (χ1n) is 4.99. The van der Waals surface area contributed by atoms with E-state index in [0.29, 0.717) is 6.54 Å². The SMILES string of the molecule is C=CC(=O)OCC(C)(C)CN(C)C(=O)C=C. The molecule has 0 spiro atoms. The Kier molecular flexibility index (Phi) is 5.50. The number of carbonyl (C=O) groups is 2. The van der Waals surface area contributed by atoms with Gasteiger partial charge in [0.2, 0.25) is 5.91 Å². The van der Waals surface area contributed by atoms with Gasteiger partial charge < -0.3 is 9.64 Å². The van der Waals surface area contributed by atoms with E-state index in [-0.39, 0.29) is 17.9 Å². The van der Waals surface area contributed by atoms with Gasteiger partial charge in [0.15, 0.2) is 0 Å². The fourth-order valence-electron chi connectivity index (χ4n) is 1.25. The van der Waals surface area contributed by atoms with Crippen LogP contribution in [0, 0.1) is 5.41 Å². The van der Waals surface area contributed by atoms with Crippen molar-refractivity contribution in [3.05, 3.63) is 25.3 Å². The van der Waals surface area contributed by atoms with E-state index in [1.165, 1.54) is 11.0 Å². The van der Waals surface area contributed by atoms with Crippen molar-refractivity contribution in [1.82, 2.24) is 4.90 Å². The summed E-state index contributed by atoms with van der Waals surface area (Å²) >= 11 is 0. The Morgan fingerprint density at radius 1 is 1.31 bits per heavy atom. The van der Waals surface area contributed by atoms with Crippen LogP contribution in [0.1, 0.15) is 13.8 Å². The Balaban J connectivity index is 4.22. The molecular formula is C12H19NO3. The van der Waals surface area contributed by atoms with Crippen LogP contribution < -0.4 is 0 Å². The highest BCUT2D eigenvalue weighted by Gasteiger charge is 2.23. The van der Waals surface area contributed by atoms with E-state index in [2.05, 4.69) is 13.2 Å². The number of hydrogen-bond donors (Lipinski definition) is 0. The predicted molar refractivity (Wildman–Crippen MR) is 62.8 cm³/mol. The smallest absolute Gasteiger partial charge is 0.330 e. The molecule has 0 unspecified atom stereocenters. The normalized spacial score (nSPS) is 10.4. The third kappa shape index (κ3) is 5.34. The second-order valence-electron chi connectivity index (χ2n) is 4.37. The van der Waals surface area contributed by atoms with Crippen molar-refractivity contribution in [3.63, 3.8) is 0 Å². The van der Waals surface area contributed by atoms with Crippen molar-refractivity contribution < 1.29 is 14.3 Å². The number of rotatable bonds is 6. The summed E-state index contributed by atoms with van der Waals surface area (Å²) in [4.78, 5) is 23.7. The highest BCUT2D eigenvalue weighted by molar-refractivity contribution is 5.86. The Morgan fingerprint density at radius 3 is 2.31 bits per heavy atom. The van der Waals surface area contributed by atoms with Gasteiger partial charge in [0.25, 0.3) is 0 Å². The van der Waals surface area contributed by atoms with Crippen molar-refractivity contribution in [2.45, 2.75) is 13.8 Å². The number of esters is 1. The molecule has 1 amide bonds. The molecule has 0 aromatic carbocycles. The van der Waals surface area contributed by atoms with E-state index in [4.69, 9.17) is 4.74 Å². The van der Waals surface area contributed by atoms with E-state index >= 15 is 0 Å². The second kappa shape index (κ2) is 6.10. The number of nitrogens with zero attached hydrogens (tertiary/aromatic N) is 1. The van der Waals surface area contributed by atoms with Gasteiger partial charge in [-0.2, -0.15) is 0 Å². The molecular weight excluding hydrogens is 206 g/mol. The number of amides is 1. The van der Waals surface area contributed by atoms with Gasteiger partial charge in [-0.05, 0) is 6.08 Å². The summed E-state index contributed by atoms with van der Waals surface area (Å²) in [6.45, 7) is 11.3. The van der Waals surface area contributed by atoms with E-state index < -0.39 is 5.97 Å². The van der Waals surface area contributed by atoms with Crippen LogP contribution in [-0.2, 0) is 14.3 Å². The lowest BCUT2D eigenvalue weighted by molar-refractivity contribution is -0.141. The van der Waals surface area contributed by atoms with Gasteiger partial charge >= 0.3 is 5.97 Å². The fraction of sp³-hybridized carbons (Fsp3) is 0.500. The minimum Gasteiger partial charge on any atom is -0.462 e. The molecule has 0 bridgehead atoms. The standard InChI is InChI=1S/C12H19NO3/c1-6-10(14)13(5)8-12(3,4)9-16-11(15)7-2/h6-7H,1-2,8-9H2,3-5H3. The first-order chi connectivity index (χ1) is 7.32. The summed E-state index contributed by atoms with van der Waals surface area (Å²) in [7, 11) is 1.68. The van der Waals surface area contributed by atoms with Crippen LogP contribution in [0.4, 0.5) is 0 Å². The first kappa shape index (κ1) is 14.4. The van der Waals surface area contributed by atoms with Gasteiger partial charge in [-0.1, -0.05) is 27.0 Å². The molecule has 90 valence electrons. The largest absolute Gasteiger partial charge is 0.462 e. The van der Waals surface area contributed by atoms with Gasteiger partial charge in [0.05, 0.1) is 6.61 Å².